The number of hydrogen-bond acceptors (Lipinski definition) is 4. The van der Waals surface area contributed by atoms with Gasteiger partial charge in [0.25, 0.3) is 0 Å². The van der Waals surface area contributed by atoms with E-state index >= 15 is 0 Å². The van der Waals surface area contributed by atoms with Crippen molar-refractivity contribution in [1.82, 2.24) is 0 Å². The average molecular weight is 320 g/mol. The summed E-state index contributed by atoms with van der Waals surface area (Å²) in [7, 11) is 1.65. The number of aryl methyl sites for hydroxylation is 1. The van der Waals surface area contributed by atoms with E-state index in [0.29, 0.717) is 12.1 Å². The first kappa shape index (κ1) is 16.8. The van der Waals surface area contributed by atoms with E-state index in [9.17, 15) is 13.2 Å². The van der Waals surface area contributed by atoms with Gasteiger partial charge in [0.2, 0.25) is 9.05 Å². The molecule has 0 unspecified atom stereocenters. The molecule has 1 aromatic rings. The summed E-state index contributed by atoms with van der Waals surface area (Å²) in [5.41, 5.74) is 0.847. The van der Waals surface area contributed by atoms with Gasteiger partial charge in [-0.25, -0.2) is 13.2 Å². The molecule has 0 saturated carbocycles. The Morgan fingerprint density at radius 3 is 2.25 bits per heavy atom. The minimum absolute atomic E-state index is 0.118. The lowest BCUT2D eigenvalue weighted by Crippen LogP contribution is -2.27. The standard InChI is InChI=1S/C13H18ClNO4S/c1-13(2,3)19-12(16)15-11-6-4-10(5-7-11)8-9-20(14,17)18/h4-7H,8-9H2,1-3H3,(H,15,16). The highest BCUT2D eigenvalue weighted by Gasteiger charge is 2.16. The molecule has 112 valence electrons. The molecule has 1 rings (SSSR count). The molecule has 0 spiro atoms. The van der Waals surface area contributed by atoms with Crippen LogP contribution in [0.2, 0.25) is 0 Å². The van der Waals surface area contributed by atoms with Crippen molar-refractivity contribution in [2.45, 2.75) is 32.8 Å². The minimum Gasteiger partial charge on any atom is -0.444 e. The van der Waals surface area contributed by atoms with Crippen LogP contribution in [0.5, 0.6) is 0 Å². The van der Waals surface area contributed by atoms with E-state index < -0.39 is 20.7 Å². The van der Waals surface area contributed by atoms with Crippen LogP contribution in [0, 0.1) is 0 Å². The van der Waals surface area contributed by atoms with Gasteiger partial charge in [0.15, 0.2) is 0 Å². The zero-order valence-electron chi connectivity index (χ0n) is 11.6. The molecule has 0 heterocycles. The summed E-state index contributed by atoms with van der Waals surface area (Å²) in [6.07, 6.45) is -0.202. The van der Waals surface area contributed by atoms with E-state index in [4.69, 9.17) is 15.4 Å². The molecule has 0 aliphatic carbocycles. The van der Waals surface area contributed by atoms with Crippen molar-refractivity contribution in [3.8, 4) is 0 Å². The second kappa shape index (κ2) is 6.45. The maximum atomic E-state index is 11.5. The molecule has 0 aromatic heterocycles. The van der Waals surface area contributed by atoms with E-state index in [-0.39, 0.29) is 5.75 Å². The molecule has 0 saturated heterocycles. The van der Waals surface area contributed by atoms with Crippen LogP contribution in [0.4, 0.5) is 10.5 Å². The average Bonchev–Trinajstić information content (AvgIpc) is 2.24. The van der Waals surface area contributed by atoms with E-state index in [0.717, 1.165) is 5.56 Å². The van der Waals surface area contributed by atoms with Crippen LogP contribution in [0.1, 0.15) is 26.3 Å². The first-order chi connectivity index (χ1) is 9.05. The Hall–Kier alpha value is -1.27. The van der Waals surface area contributed by atoms with Crippen LogP contribution < -0.4 is 5.32 Å². The first-order valence-corrected chi connectivity index (χ1v) is 8.54. The molecule has 0 radical (unpaired) electrons. The van der Waals surface area contributed by atoms with Crippen LogP contribution in [0.15, 0.2) is 24.3 Å². The molecule has 1 N–H and O–H groups in total. The third-order valence-corrected chi connectivity index (χ3v) is 3.39. The molecule has 0 aliphatic heterocycles. The third kappa shape index (κ3) is 7.35. The Kier molecular flexibility index (Phi) is 5.42. The topological polar surface area (TPSA) is 72.5 Å². The number of rotatable bonds is 4. The summed E-state index contributed by atoms with van der Waals surface area (Å²) in [4.78, 5) is 11.5. The zero-order chi connectivity index (χ0) is 15.4. The SMILES string of the molecule is CC(C)(C)OC(=O)Nc1ccc(CCS(=O)(=O)Cl)cc1. The van der Waals surface area contributed by atoms with Gasteiger partial charge in [-0.1, -0.05) is 12.1 Å². The quantitative estimate of drug-likeness (QED) is 0.865. The maximum Gasteiger partial charge on any atom is 0.412 e. The number of benzene rings is 1. The lowest BCUT2D eigenvalue weighted by Gasteiger charge is -2.19. The molecule has 1 amide bonds. The molecule has 0 fully saturated rings. The molecule has 5 nitrogen and oxygen atoms in total. The van der Waals surface area contributed by atoms with E-state index in [1.54, 1.807) is 45.0 Å². The van der Waals surface area contributed by atoms with Crippen LogP contribution in [0.25, 0.3) is 0 Å². The second-order valence-corrected chi connectivity index (χ2v) is 8.21. The summed E-state index contributed by atoms with van der Waals surface area (Å²) in [6, 6.07) is 6.82. The summed E-state index contributed by atoms with van der Waals surface area (Å²) in [5, 5.41) is 2.59. The number of carbonyl (C=O) groups is 1. The van der Waals surface area contributed by atoms with Crippen LogP contribution in [-0.2, 0) is 20.2 Å². The zero-order valence-corrected chi connectivity index (χ0v) is 13.2. The molecule has 7 heteroatoms. The lowest BCUT2D eigenvalue weighted by atomic mass is 10.1. The molecular weight excluding hydrogens is 302 g/mol. The van der Waals surface area contributed by atoms with Crippen molar-refractivity contribution in [1.29, 1.82) is 0 Å². The van der Waals surface area contributed by atoms with Crippen molar-refractivity contribution in [2.24, 2.45) is 0 Å². The van der Waals surface area contributed by atoms with Crippen LogP contribution in [-0.4, -0.2) is 25.9 Å². The number of anilines is 1. The molecule has 20 heavy (non-hydrogen) atoms. The third-order valence-electron chi connectivity index (χ3n) is 2.23. The number of halogens is 1. The van der Waals surface area contributed by atoms with Crippen molar-refractivity contribution >= 4 is 31.5 Å². The molecule has 0 bridgehead atoms. The van der Waals surface area contributed by atoms with Crippen molar-refractivity contribution < 1.29 is 17.9 Å². The molecule has 0 atom stereocenters. The highest BCUT2D eigenvalue weighted by molar-refractivity contribution is 8.13. The highest BCUT2D eigenvalue weighted by atomic mass is 35.7. The van der Waals surface area contributed by atoms with E-state index in [1.165, 1.54) is 0 Å². The largest absolute Gasteiger partial charge is 0.444 e. The highest BCUT2D eigenvalue weighted by Crippen LogP contribution is 2.14. The Labute approximate surface area is 123 Å². The van der Waals surface area contributed by atoms with Crippen molar-refractivity contribution in [3.63, 3.8) is 0 Å². The van der Waals surface area contributed by atoms with Crippen molar-refractivity contribution in [2.75, 3.05) is 11.1 Å². The summed E-state index contributed by atoms with van der Waals surface area (Å²) in [6.45, 7) is 5.34. The predicted molar refractivity (Wildman–Crippen MR) is 79.6 cm³/mol. The lowest BCUT2D eigenvalue weighted by molar-refractivity contribution is 0.0636. The smallest absolute Gasteiger partial charge is 0.412 e. The van der Waals surface area contributed by atoms with Gasteiger partial charge in [-0.3, -0.25) is 5.32 Å². The Morgan fingerprint density at radius 1 is 1.25 bits per heavy atom. The molecule has 0 aliphatic rings. The van der Waals surface area contributed by atoms with Gasteiger partial charge < -0.3 is 4.74 Å². The summed E-state index contributed by atoms with van der Waals surface area (Å²) < 4.78 is 26.8. The van der Waals surface area contributed by atoms with Crippen LogP contribution >= 0.6 is 10.7 Å². The van der Waals surface area contributed by atoms with Gasteiger partial charge in [-0.2, -0.15) is 0 Å². The summed E-state index contributed by atoms with van der Waals surface area (Å²) in [5.74, 6) is -0.118. The number of nitrogens with one attached hydrogen (secondary N) is 1. The minimum atomic E-state index is -3.49. The maximum absolute atomic E-state index is 11.5. The number of ether oxygens (including phenoxy) is 1. The number of amides is 1. The van der Waals surface area contributed by atoms with Gasteiger partial charge in [0.05, 0.1) is 5.75 Å². The van der Waals surface area contributed by atoms with E-state index in [2.05, 4.69) is 5.32 Å². The van der Waals surface area contributed by atoms with Gasteiger partial charge in [-0.15, -0.1) is 0 Å². The summed E-state index contributed by atoms with van der Waals surface area (Å²) >= 11 is 0. The van der Waals surface area contributed by atoms with Gasteiger partial charge in [0.1, 0.15) is 5.60 Å². The molecule has 1 aromatic carbocycles. The fraction of sp³-hybridized carbons (Fsp3) is 0.462. The number of hydrogen-bond donors (Lipinski definition) is 1. The van der Waals surface area contributed by atoms with Crippen molar-refractivity contribution in [3.05, 3.63) is 29.8 Å². The second-order valence-electron chi connectivity index (χ2n) is 5.32. The Morgan fingerprint density at radius 2 is 1.80 bits per heavy atom. The Balaban J connectivity index is 2.57. The predicted octanol–water partition coefficient (Wildman–Crippen LogP) is 3.14. The normalized spacial score (nSPS) is 12.0. The van der Waals surface area contributed by atoms with Gasteiger partial charge in [0, 0.05) is 16.4 Å². The van der Waals surface area contributed by atoms with Crippen LogP contribution in [0.3, 0.4) is 0 Å². The monoisotopic (exact) mass is 319 g/mol. The fourth-order valence-electron chi connectivity index (χ4n) is 1.42. The van der Waals surface area contributed by atoms with Gasteiger partial charge >= 0.3 is 6.09 Å². The number of carbonyl (C=O) groups excluding carboxylic acids is 1. The fourth-order valence-corrected chi connectivity index (χ4v) is 2.13. The first-order valence-electron chi connectivity index (χ1n) is 6.06. The van der Waals surface area contributed by atoms with E-state index in [1.807, 2.05) is 0 Å². The van der Waals surface area contributed by atoms with Gasteiger partial charge in [-0.05, 0) is 44.9 Å². The molecular formula is C13H18ClNO4S. The Bertz CT molecular complexity index is 561.